The van der Waals surface area contributed by atoms with E-state index >= 15 is 0 Å². The molecule has 1 nitrogen and oxygen atoms in total. The Morgan fingerprint density at radius 1 is 1.35 bits per heavy atom. The summed E-state index contributed by atoms with van der Waals surface area (Å²) < 4.78 is 5.60. The fourth-order valence-corrected chi connectivity index (χ4v) is 3.05. The van der Waals surface area contributed by atoms with Crippen LogP contribution in [-0.4, -0.2) is 12.0 Å². The van der Waals surface area contributed by atoms with Crippen molar-refractivity contribution in [3.8, 4) is 5.75 Å². The lowest BCUT2D eigenvalue weighted by molar-refractivity contribution is 0.317. The van der Waals surface area contributed by atoms with Crippen LogP contribution in [0.15, 0.2) is 24.3 Å². The van der Waals surface area contributed by atoms with Crippen molar-refractivity contribution in [1.29, 1.82) is 0 Å². The van der Waals surface area contributed by atoms with Gasteiger partial charge in [0.15, 0.2) is 0 Å². The van der Waals surface area contributed by atoms with Crippen LogP contribution >= 0.6 is 11.6 Å². The lowest BCUT2D eigenvalue weighted by Crippen LogP contribution is -2.17. The zero-order valence-electron chi connectivity index (χ0n) is 10.7. The Kier molecular flexibility index (Phi) is 3.98. The van der Waals surface area contributed by atoms with Gasteiger partial charge in [0.25, 0.3) is 0 Å². The predicted octanol–water partition coefficient (Wildman–Crippen LogP) is 4.52. The highest BCUT2D eigenvalue weighted by atomic mass is 35.5. The molecule has 1 saturated carbocycles. The molecule has 0 radical (unpaired) electrons. The van der Waals surface area contributed by atoms with Crippen molar-refractivity contribution < 1.29 is 4.74 Å². The van der Waals surface area contributed by atoms with Gasteiger partial charge >= 0.3 is 0 Å². The summed E-state index contributed by atoms with van der Waals surface area (Å²) >= 11 is 6.22. The molecule has 1 aromatic carbocycles. The maximum absolute atomic E-state index is 6.22. The predicted molar refractivity (Wildman–Crippen MR) is 73.1 cm³/mol. The van der Waals surface area contributed by atoms with Gasteiger partial charge in [0, 0.05) is 5.38 Å². The number of alkyl halides is 1. The van der Waals surface area contributed by atoms with E-state index in [1.165, 1.54) is 12.0 Å². The van der Waals surface area contributed by atoms with Crippen LogP contribution in [0.4, 0.5) is 0 Å². The van der Waals surface area contributed by atoms with Crippen molar-refractivity contribution in [2.75, 3.05) is 6.61 Å². The molecular formula is C15H21ClO. The second-order valence-corrected chi connectivity index (χ2v) is 5.89. The first-order chi connectivity index (χ1) is 8.14. The van der Waals surface area contributed by atoms with Gasteiger partial charge in [0.1, 0.15) is 5.75 Å². The molecule has 17 heavy (non-hydrogen) atoms. The highest BCUT2D eigenvalue weighted by Crippen LogP contribution is 2.43. The third kappa shape index (κ3) is 2.95. The van der Waals surface area contributed by atoms with Gasteiger partial charge in [0.2, 0.25) is 0 Å². The second-order valence-electron chi connectivity index (χ2n) is 5.27. The fraction of sp³-hybridized carbons (Fsp3) is 0.600. The quantitative estimate of drug-likeness (QED) is 0.716. The first kappa shape index (κ1) is 12.8. The monoisotopic (exact) mass is 252 g/mol. The lowest BCUT2D eigenvalue weighted by Gasteiger charge is -2.24. The van der Waals surface area contributed by atoms with Crippen LogP contribution in [0.25, 0.3) is 0 Å². The molecule has 1 aromatic rings. The van der Waals surface area contributed by atoms with Gasteiger partial charge in [-0.2, -0.15) is 0 Å². The third-order valence-electron chi connectivity index (χ3n) is 3.71. The van der Waals surface area contributed by atoms with Gasteiger partial charge in [-0.1, -0.05) is 26.0 Å². The Bertz CT molecular complexity index is 360. The standard InChI is InChI=1S/C15H21ClO/c1-3-10-17-14-6-4-12(5-7-14)15(2)9-8-13(16)11-15/h4-7,13H,3,8-11H2,1-2H3. The Labute approximate surface area is 109 Å². The molecule has 0 aliphatic heterocycles. The van der Waals surface area contributed by atoms with Crippen LogP contribution in [0.5, 0.6) is 5.75 Å². The van der Waals surface area contributed by atoms with Crippen LogP contribution in [0.1, 0.15) is 45.1 Å². The molecule has 0 bridgehead atoms. The Hall–Kier alpha value is -0.690. The molecule has 2 heteroatoms. The summed E-state index contributed by atoms with van der Waals surface area (Å²) in [5, 5.41) is 0.344. The lowest BCUT2D eigenvalue weighted by atomic mass is 9.81. The van der Waals surface area contributed by atoms with Crippen LogP contribution in [0, 0.1) is 0 Å². The third-order valence-corrected chi connectivity index (χ3v) is 4.08. The summed E-state index contributed by atoms with van der Waals surface area (Å²) in [6.07, 6.45) is 4.46. The molecule has 0 saturated heterocycles. The SMILES string of the molecule is CCCOc1ccc(C2(C)CCC(Cl)C2)cc1. The summed E-state index contributed by atoms with van der Waals surface area (Å²) in [4.78, 5) is 0. The summed E-state index contributed by atoms with van der Waals surface area (Å²) in [6.45, 7) is 5.23. The molecule has 1 aliphatic rings. The van der Waals surface area contributed by atoms with Crippen LogP contribution in [-0.2, 0) is 5.41 Å². The van der Waals surface area contributed by atoms with Gasteiger partial charge in [-0.15, -0.1) is 11.6 Å². The first-order valence-corrected chi connectivity index (χ1v) is 6.95. The minimum absolute atomic E-state index is 0.260. The van der Waals surface area contributed by atoms with E-state index in [2.05, 4.69) is 38.1 Å². The normalized spacial score (nSPS) is 28.3. The van der Waals surface area contributed by atoms with Crippen molar-refractivity contribution in [3.63, 3.8) is 0 Å². The van der Waals surface area contributed by atoms with Crippen LogP contribution in [0.3, 0.4) is 0 Å². The Balaban J connectivity index is 2.07. The number of hydrogen-bond acceptors (Lipinski definition) is 1. The summed E-state index contributed by atoms with van der Waals surface area (Å²) in [6, 6.07) is 8.55. The molecule has 0 spiro atoms. The molecule has 0 heterocycles. The smallest absolute Gasteiger partial charge is 0.119 e. The number of rotatable bonds is 4. The zero-order chi connectivity index (χ0) is 12.3. The van der Waals surface area contributed by atoms with Gasteiger partial charge in [-0.25, -0.2) is 0 Å². The van der Waals surface area contributed by atoms with E-state index in [-0.39, 0.29) is 5.41 Å². The van der Waals surface area contributed by atoms with Gasteiger partial charge in [-0.3, -0.25) is 0 Å². The van der Waals surface area contributed by atoms with Crippen molar-refractivity contribution in [2.24, 2.45) is 0 Å². The van der Waals surface area contributed by atoms with Gasteiger partial charge < -0.3 is 4.74 Å². The fourth-order valence-electron chi connectivity index (χ4n) is 2.60. The number of ether oxygens (including phenoxy) is 1. The van der Waals surface area contributed by atoms with Gasteiger partial charge in [-0.05, 0) is 48.8 Å². The van der Waals surface area contributed by atoms with Crippen LogP contribution < -0.4 is 4.74 Å². The largest absolute Gasteiger partial charge is 0.494 e. The van der Waals surface area contributed by atoms with Gasteiger partial charge in [0.05, 0.1) is 6.61 Å². The zero-order valence-corrected chi connectivity index (χ0v) is 11.5. The summed E-state index contributed by atoms with van der Waals surface area (Å²) in [5.41, 5.74) is 1.65. The molecule has 0 amide bonds. The average molecular weight is 253 g/mol. The maximum Gasteiger partial charge on any atom is 0.119 e. The molecule has 2 rings (SSSR count). The van der Waals surface area contributed by atoms with Crippen LogP contribution in [0.2, 0.25) is 0 Å². The maximum atomic E-state index is 6.22. The van der Waals surface area contributed by atoms with Crippen molar-refractivity contribution in [3.05, 3.63) is 29.8 Å². The van der Waals surface area contributed by atoms with E-state index < -0.39 is 0 Å². The number of benzene rings is 1. The molecule has 1 aliphatic carbocycles. The number of hydrogen-bond donors (Lipinski definition) is 0. The molecule has 2 unspecified atom stereocenters. The Morgan fingerprint density at radius 2 is 2.06 bits per heavy atom. The van der Waals surface area contributed by atoms with Crippen molar-refractivity contribution in [1.82, 2.24) is 0 Å². The molecule has 0 N–H and O–H groups in total. The van der Waals surface area contributed by atoms with E-state index in [9.17, 15) is 0 Å². The van der Waals surface area contributed by atoms with E-state index in [0.29, 0.717) is 5.38 Å². The van der Waals surface area contributed by atoms with E-state index in [4.69, 9.17) is 16.3 Å². The summed E-state index contributed by atoms with van der Waals surface area (Å²) in [5.74, 6) is 0.972. The van der Waals surface area contributed by atoms with E-state index in [1.807, 2.05) is 0 Å². The van der Waals surface area contributed by atoms with E-state index in [0.717, 1.165) is 31.6 Å². The molecule has 1 fully saturated rings. The van der Waals surface area contributed by atoms with E-state index in [1.54, 1.807) is 0 Å². The topological polar surface area (TPSA) is 9.23 Å². The first-order valence-electron chi connectivity index (χ1n) is 6.51. The van der Waals surface area contributed by atoms with Crippen molar-refractivity contribution in [2.45, 2.75) is 50.3 Å². The number of halogens is 1. The molecule has 2 atom stereocenters. The molecule has 94 valence electrons. The highest BCUT2D eigenvalue weighted by Gasteiger charge is 2.35. The minimum Gasteiger partial charge on any atom is -0.494 e. The molecule has 0 aromatic heterocycles. The Morgan fingerprint density at radius 3 is 2.59 bits per heavy atom. The highest BCUT2D eigenvalue weighted by molar-refractivity contribution is 6.20. The average Bonchev–Trinajstić information content (AvgIpc) is 2.68. The second kappa shape index (κ2) is 5.30. The summed E-state index contributed by atoms with van der Waals surface area (Å²) in [7, 11) is 0. The minimum atomic E-state index is 0.260. The molecular weight excluding hydrogens is 232 g/mol. The van der Waals surface area contributed by atoms with Crippen molar-refractivity contribution >= 4 is 11.6 Å².